The Kier molecular flexibility index (Phi) is 4.23. The van der Waals surface area contributed by atoms with Crippen molar-refractivity contribution in [1.29, 1.82) is 0 Å². The standard InChI is InChI=1S/C17H19N5O/c1-21(2)17(23)9-10-18-16-12-14(13-6-4-3-5-7-13)20-15-8-11-19-22(15)16/h3-8,11-12,18H,9-10H2,1-2H3. The first-order valence-corrected chi connectivity index (χ1v) is 7.49. The van der Waals surface area contributed by atoms with Crippen molar-refractivity contribution in [3.8, 4) is 11.3 Å². The Morgan fingerprint density at radius 1 is 1.22 bits per heavy atom. The number of nitrogens with one attached hydrogen (secondary N) is 1. The lowest BCUT2D eigenvalue weighted by atomic mass is 10.1. The van der Waals surface area contributed by atoms with Gasteiger partial charge < -0.3 is 10.2 Å². The van der Waals surface area contributed by atoms with Gasteiger partial charge in [-0.1, -0.05) is 30.3 Å². The molecule has 0 spiro atoms. The molecule has 0 saturated heterocycles. The van der Waals surface area contributed by atoms with Crippen molar-refractivity contribution in [1.82, 2.24) is 19.5 Å². The summed E-state index contributed by atoms with van der Waals surface area (Å²) in [6.45, 7) is 0.546. The lowest BCUT2D eigenvalue weighted by Gasteiger charge is -2.13. The molecule has 0 aliphatic heterocycles. The van der Waals surface area contributed by atoms with E-state index in [9.17, 15) is 4.79 Å². The van der Waals surface area contributed by atoms with Gasteiger partial charge in [0.2, 0.25) is 5.91 Å². The molecule has 2 aromatic heterocycles. The second-order valence-electron chi connectivity index (χ2n) is 5.46. The van der Waals surface area contributed by atoms with E-state index in [1.807, 2.05) is 42.5 Å². The summed E-state index contributed by atoms with van der Waals surface area (Å²) in [5, 5.41) is 7.57. The van der Waals surface area contributed by atoms with Crippen LogP contribution in [0.3, 0.4) is 0 Å². The molecular formula is C17H19N5O. The summed E-state index contributed by atoms with van der Waals surface area (Å²) in [6.07, 6.45) is 2.14. The maximum atomic E-state index is 11.7. The molecule has 1 N–H and O–H groups in total. The van der Waals surface area contributed by atoms with Crippen LogP contribution in [0.2, 0.25) is 0 Å². The summed E-state index contributed by atoms with van der Waals surface area (Å²) in [5.41, 5.74) is 2.69. The molecule has 1 aromatic carbocycles. The van der Waals surface area contributed by atoms with Gasteiger partial charge in [-0.15, -0.1) is 0 Å². The third-order valence-electron chi connectivity index (χ3n) is 3.57. The molecule has 6 nitrogen and oxygen atoms in total. The third-order valence-corrected chi connectivity index (χ3v) is 3.57. The lowest BCUT2D eigenvalue weighted by molar-refractivity contribution is -0.128. The largest absolute Gasteiger partial charge is 0.369 e. The van der Waals surface area contributed by atoms with Gasteiger partial charge in [-0.25, -0.2) is 4.98 Å². The number of anilines is 1. The molecule has 0 unspecified atom stereocenters. The van der Waals surface area contributed by atoms with E-state index < -0.39 is 0 Å². The summed E-state index contributed by atoms with van der Waals surface area (Å²) in [7, 11) is 3.52. The van der Waals surface area contributed by atoms with E-state index in [1.165, 1.54) is 0 Å². The quantitative estimate of drug-likeness (QED) is 0.785. The zero-order valence-corrected chi connectivity index (χ0v) is 13.2. The van der Waals surface area contributed by atoms with Crippen LogP contribution in [0.25, 0.3) is 16.9 Å². The van der Waals surface area contributed by atoms with Crippen LogP contribution in [0.1, 0.15) is 6.42 Å². The van der Waals surface area contributed by atoms with Crippen molar-refractivity contribution < 1.29 is 4.79 Å². The molecule has 3 aromatic rings. The summed E-state index contributed by atoms with van der Waals surface area (Å²) in [4.78, 5) is 17.9. The maximum Gasteiger partial charge on any atom is 0.223 e. The van der Waals surface area contributed by atoms with Gasteiger partial charge in [0.1, 0.15) is 5.82 Å². The Bertz CT molecular complexity index is 810. The minimum absolute atomic E-state index is 0.0894. The zero-order valence-electron chi connectivity index (χ0n) is 13.2. The van der Waals surface area contributed by atoms with E-state index in [1.54, 1.807) is 29.7 Å². The summed E-state index contributed by atoms with van der Waals surface area (Å²) >= 11 is 0. The molecule has 118 valence electrons. The minimum atomic E-state index is 0.0894. The van der Waals surface area contributed by atoms with Crippen LogP contribution in [0.15, 0.2) is 48.7 Å². The number of rotatable bonds is 5. The first-order valence-electron chi connectivity index (χ1n) is 7.49. The minimum Gasteiger partial charge on any atom is -0.369 e. The summed E-state index contributed by atoms with van der Waals surface area (Å²) in [5.74, 6) is 0.914. The van der Waals surface area contributed by atoms with Gasteiger partial charge in [-0.05, 0) is 0 Å². The van der Waals surface area contributed by atoms with Crippen LogP contribution in [-0.4, -0.2) is 46.0 Å². The van der Waals surface area contributed by atoms with E-state index >= 15 is 0 Å². The number of aromatic nitrogens is 3. The molecule has 0 aliphatic rings. The Labute approximate surface area is 134 Å². The third kappa shape index (κ3) is 3.31. The van der Waals surface area contributed by atoms with Crippen molar-refractivity contribution >= 4 is 17.4 Å². The van der Waals surface area contributed by atoms with Crippen LogP contribution < -0.4 is 5.32 Å². The normalized spacial score (nSPS) is 10.7. The highest BCUT2D eigenvalue weighted by Crippen LogP contribution is 2.21. The number of nitrogens with zero attached hydrogens (tertiary/aromatic N) is 4. The highest BCUT2D eigenvalue weighted by molar-refractivity contribution is 5.76. The number of fused-ring (bicyclic) bond motifs is 1. The Hall–Kier alpha value is -2.89. The maximum absolute atomic E-state index is 11.7. The Morgan fingerprint density at radius 2 is 2.00 bits per heavy atom. The van der Waals surface area contributed by atoms with Crippen LogP contribution >= 0.6 is 0 Å². The summed E-state index contributed by atoms with van der Waals surface area (Å²) < 4.78 is 1.74. The molecule has 0 bridgehead atoms. The van der Waals surface area contributed by atoms with Gasteiger partial charge in [-0.2, -0.15) is 9.61 Å². The molecule has 6 heteroatoms. The predicted molar refractivity (Wildman–Crippen MR) is 90.2 cm³/mol. The van der Waals surface area contributed by atoms with Crippen molar-refractivity contribution in [3.63, 3.8) is 0 Å². The van der Waals surface area contributed by atoms with Gasteiger partial charge in [0, 0.05) is 44.8 Å². The number of hydrogen-bond donors (Lipinski definition) is 1. The van der Waals surface area contributed by atoms with Crippen LogP contribution in [-0.2, 0) is 4.79 Å². The van der Waals surface area contributed by atoms with Crippen LogP contribution in [0.5, 0.6) is 0 Å². The molecule has 0 aliphatic carbocycles. The number of hydrogen-bond acceptors (Lipinski definition) is 4. The average molecular weight is 309 g/mol. The SMILES string of the molecule is CN(C)C(=O)CCNc1cc(-c2ccccc2)nc2ccnn12. The molecule has 0 fully saturated rings. The predicted octanol–water partition coefficient (Wildman–Crippen LogP) is 2.29. The second-order valence-corrected chi connectivity index (χ2v) is 5.46. The van der Waals surface area contributed by atoms with Crippen LogP contribution in [0.4, 0.5) is 5.82 Å². The first kappa shape index (κ1) is 15.0. The fraction of sp³-hybridized carbons (Fsp3) is 0.235. The summed E-state index contributed by atoms with van der Waals surface area (Å²) in [6, 6.07) is 13.8. The highest BCUT2D eigenvalue weighted by Gasteiger charge is 2.09. The zero-order chi connectivity index (χ0) is 16.2. The number of amides is 1. The van der Waals surface area contributed by atoms with Crippen molar-refractivity contribution in [2.75, 3.05) is 26.0 Å². The monoisotopic (exact) mass is 309 g/mol. The molecule has 0 radical (unpaired) electrons. The van der Waals surface area contributed by atoms with Gasteiger partial charge in [0.15, 0.2) is 5.65 Å². The second kappa shape index (κ2) is 6.48. The molecule has 1 amide bonds. The smallest absolute Gasteiger partial charge is 0.223 e. The van der Waals surface area contributed by atoms with Gasteiger partial charge in [-0.3, -0.25) is 4.79 Å². The number of benzene rings is 1. The first-order chi connectivity index (χ1) is 11.1. The van der Waals surface area contributed by atoms with Gasteiger partial charge >= 0.3 is 0 Å². The van der Waals surface area contributed by atoms with Gasteiger partial charge in [0.05, 0.1) is 11.9 Å². The molecule has 2 heterocycles. The van der Waals surface area contributed by atoms with E-state index in [0.717, 1.165) is 22.7 Å². The average Bonchev–Trinajstić information content (AvgIpc) is 3.04. The fourth-order valence-corrected chi connectivity index (χ4v) is 2.32. The van der Waals surface area contributed by atoms with E-state index in [-0.39, 0.29) is 5.91 Å². The molecule has 23 heavy (non-hydrogen) atoms. The molecular weight excluding hydrogens is 290 g/mol. The lowest BCUT2D eigenvalue weighted by Crippen LogP contribution is -2.24. The fourth-order valence-electron chi connectivity index (χ4n) is 2.32. The van der Waals surface area contributed by atoms with Gasteiger partial charge in [0.25, 0.3) is 0 Å². The number of carbonyl (C=O) groups excluding carboxylic acids is 1. The molecule has 0 saturated carbocycles. The van der Waals surface area contributed by atoms with E-state index in [2.05, 4.69) is 15.4 Å². The van der Waals surface area contributed by atoms with Crippen molar-refractivity contribution in [3.05, 3.63) is 48.7 Å². The van der Waals surface area contributed by atoms with Crippen molar-refractivity contribution in [2.24, 2.45) is 0 Å². The molecule has 0 atom stereocenters. The van der Waals surface area contributed by atoms with E-state index in [4.69, 9.17) is 0 Å². The van der Waals surface area contributed by atoms with E-state index in [0.29, 0.717) is 13.0 Å². The molecule has 3 rings (SSSR count). The highest BCUT2D eigenvalue weighted by atomic mass is 16.2. The topological polar surface area (TPSA) is 62.5 Å². The van der Waals surface area contributed by atoms with Crippen LogP contribution in [0, 0.1) is 0 Å². The van der Waals surface area contributed by atoms with Crippen molar-refractivity contribution in [2.45, 2.75) is 6.42 Å². The number of carbonyl (C=O) groups is 1. The Morgan fingerprint density at radius 3 is 2.74 bits per heavy atom. The Balaban J connectivity index is 1.87.